The van der Waals surface area contributed by atoms with Crippen molar-refractivity contribution in [2.24, 2.45) is 11.8 Å². The quantitative estimate of drug-likeness (QED) is 0.445. The van der Waals surface area contributed by atoms with E-state index >= 15 is 0 Å². The van der Waals surface area contributed by atoms with Crippen molar-refractivity contribution in [3.63, 3.8) is 0 Å². The fraction of sp³-hybridized carbons (Fsp3) is 0.615. The number of carbonyl (C=O) groups excluding carboxylic acids is 1. The van der Waals surface area contributed by atoms with Gasteiger partial charge in [0.05, 0.1) is 12.8 Å². The van der Waals surface area contributed by atoms with Gasteiger partial charge >= 0.3 is 6.18 Å². The largest absolute Gasteiger partial charge is 0.496 e. The van der Waals surface area contributed by atoms with Gasteiger partial charge in [0.15, 0.2) is 5.69 Å². The Bertz CT molecular complexity index is 1010. The Morgan fingerprint density at radius 1 is 1.23 bits per heavy atom. The number of hydrogen-bond donors (Lipinski definition) is 2. The molecule has 9 heteroatoms. The molecule has 0 bridgehead atoms. The predicted molar refractivity (Wildman–Crippen MR) is 132 cm³/mol. The van der Waals surface area contributed by atoms with Crippen LogP contribution in [0.15, 0.2) is 18.2 Å². The fourth-order valence-electron chi connectivity index (χ4n) is 4.71. The molecular weight excluding hydrogens is 457 g/mol. The van der Waals surface area contributed by atoms with Crippen LogP contribution in [0.4, 0.5) is 18.9 Å². The summed E-state index contributed by atoms with van der Waals surface area (Å²) in [6.45, 7) is 8.42. The van der Waals surface area contributed by atoms with Crippen LogP contribution in [0.2, 0.25) is 0 Å². The SMILES string of the molecule is CCc1c(C(=O)NCC2CCC(C)CC2)nn(CC)c1-c1ccc(N[C@H](C)C(F)(F)F)cc1OC. The van der Waals surface area contributed by atoms with Crippen molar-refractivity contribution < 1.29 is 22.7 Å². The standard InChI is InChI=1S/C26H37F3N4O2/c1-6-20-23(25(34)30-15-18-10-8-16(3)9-11-18)32-33(7-2)24(20)21-13-12-19(14-22(21)35-5)31-17(4)26(27,28)29/h12-14,16-18,31H,6-11,15H2,1-5H3,(H,30,34)/t16?,17-,18?/m1/s1. The Labute approximate surface area is 205 Å². The number of alkyl halides is 3. The molecule has 3 rings (SSSR count). The molecule has 1 aromatic heterocycles. The number of nitrogens with zero attached hydrogens (tertiary/aromatic N) is 2. The van der Waals surface area contributed by atoms with Gasteiger partial charge in [0.1, 0.15) is 11.8 Å². The number of hydrogen-bond acceptors (Lipinski definition) is 4. The monoisotopic (exact) mass is 494 g/mol. The molecule has 1 atom stereocenters. The first kappa shape index (κ1) is 26.9. The van der Waals surface area contributed by atoms with Gasteiger partial charge in [-0.15, -0.1) is 0 Å². The third kappa shape index (κ3) is 6.30. The normalized spacial score (nSPS) is 19.3. The number of aromatic nitrogens is 2. The fourth-order valence-corrected chi connectivity index (χ4v) is 4.71. The van der Waals surface area contributed by atoms with E-state index in [2.05, 4.69) is 22.7 Å². The molecule has 0 radical (unpaired) electrons. The Balaban J connectivity index is 1.88. The van der Waals surface area contributed by atoms with Gasteiger partial charge in [0.25, 0.3) is 5.91 Å². The van der Waals surface area contributed by atoms with Crippen LogP contribution >= 0.6 is 0 Å². The summed E-state index contributed by atoms with van der Waals surface area (Å²) < 4.78 is 46.3. The van der Waals surface area contributed by atoms with Crippen LogP contribution in [-0.4, -0.2) is 41.6 Å². The number of halogens is 3. The highest BCUT2D eigenvalue weighted by atomic mass is 19.4. The molecule has 0 unspecified atom stereocenters. The minimum atomic E-state index is -4.36. The zero-order valence-electron chi connectivity index (χ0n) is 21.3. The molecule has 194 valence electrons. The minimum Gasteiger partial charge on any atom is -0.496 e. The van der Waals surface area contributed by atoms with Crippen LogP contribution in [0.1, 0.15) is 69.4 Å². The van der Waals surface area contributed by atoms with Crippen LogP contribution in [0, 0.1) is 11.8 Å². The van der Waals surface area contributed by atoms with Crippen molar-refractivity contribution in [1.29, 1.82) is 0 Å². The topological polar surface area (TPSA) is 68.2 Å². The number of aryl methyl sites for hydroxylation is 1. The van der Waals surface area contributed by atoms with Crippen LogP contribution in [0.25, 0.3) is 11.3 Å². The summed E-state index contributed by atoms with van der Waals surface area (Å²) in [6.07, 6.45) is 0.861. The van der Waals surface area contributed by atoms with E-state index in [-0.39, 0.29) is 5.91 Å². The molecule has 0 spiro atoms. The molecule has 0 saturated heterocycles. The lowest BCUT2D eigenvalue weighted by Crippen LogP contribution is -2.33. The maximum atomic E-state index is 13.1. The number of carbonyl (C=O) groups is 1. The lowest BCUT2D eigenvalue weighted by molar-refractivity contribution is -0.138. The molecule has 6 nitrogen and oxygen atoms in total. The van der Waals surface area contributed by atoms with E-state index < -0.39 is 12.2 Å². The summed E-state index contributed by atoms with van der Waals surface area (Å²) in [5.74, 6) is 1.47. The molecule has 1 aliphatic carbocycles. The van der Waals surface area contributed by atoms with E-state index in [1.807, 2.05) is 13.8 Å². The molecule has 2 N–H and O–H groups in total. The second-order valence-electron chi connectivity index (χ2n) is 9.50. The number of methoxy groups -OCH3 is 1. The van der Waals surface area contributed by atoms with Gasteiger partial charge in [-0.25, -0.2) is 0 Å². The Kier molecular flexibility index (Phi) is 8.72. The molecule has 1 saturated carbocycles. The van der Waals surface area contributed by atoms with Crippen LogP contribution < -0.4 is 15.4 Å². The van der Waals surface area contributed by atoms with Gasteiger partial charge in [-0.1, -0.05) is 26.7 Å². The lowest BCUT2D eigenvalue weighted by atomic mass is 9.83. The van der Waals surface area contributed by atoms with E-state index in [1.54, 1.807) is 22.9 Å². The summed E-state index contributed by atoms with van der Waals surface area (Å²) in [4.78, 5) is 13.1. The number of benzene rings is 1. The maximum absolute atomic E-state index is 13.1. The molecular formula is C26H37F3N4O2. The molecule has 1 fully saturated rings. The number of rotatable bonds is 9. The van der Waals surface area contributed by atoms with Crippen molar-refractivity contribution in [2.45, 2.75) is 78.6 Å². The van der Waals surface area contributed by atoms with E-state index in [0.29, 0.717) is 48.1 Å². The third-order valence-electron chi connectivity index (χ3n) is 6.94. The Morgan fingerprint density at radius 3 is 2.49 bits per heavy atom. The predicted octanol–water partition coefficient (Wildman–Crippen LogP) is 6.06. The highest BCUT2D eigenvalue weighted by Crippen LogP contribution is 2.37. The van der Waals surface area contributed by atoms with Gasteiger partial charge in [-0.05, 0) is 57.1 Å². The van der Waals surface area contributed by atoms with Gasteiger partial charge in [-0.2, -0.15) is 18.3 Å². The van der Waals surface area contributed by atoms with Gasteiger partial charge < -0.3 is 15.4 Å². The van der Waals surface area contributed by atoms with Gasteiger partial charge in [0, 0.05) is 36.0 Å². The van der Waals surface area contributed by atoms with E-state index in [1.165, 1.54) is 20.0 Å². The van der Waals surface area contributed by atoms with Crippen molar-refractivity contribution in [3.8, 4) is 17.0 Å². The summed E-state index contributed by atoms with van der Waals surface area (Å²) in [6, 6.07) is 3.16. The summed E-state index contributed by atoms with van der Waals surface area (Å²) in [5.41, 5.74) is 2.92. The van der Waals surface area contributed by atoms with Crippen LogP contribution in [0.3, 0.4) is 0 Å². The van der Waals surface area contributed by atoms with Gasteiger partial charge in [-0.3, -0.25) is 9.48 Å². The molecule has 1 heterocycles. The minimum absolute atomic E-state index is 0.190. The highest BCUT2D eigenvalue weighted by molar-refractivity contribution is 5.96. The Hall–Kier alpha value is -2.71. The zero-order valence-corrected chi connectivity index (χ0v) is 21.3. The number of anilines is 1. The van der Waals surface area contributed by atoms with E-state index in [4.69, 9.17) is 4.74 Å². The number of ether oxygens (including phenoxy) is 1. The second kappa shape index (κ2) is 11.4. The maximum Gasteiger partial charge on any atom is 0.408 e. The first-order valence-corrected chi connectivity index (χ1v) is 12.5. The van der Waals surface area contributed by atoms with Crippen molar-refractivity contribution >= 4 is 11.6 Å². The smallest absolute Gasteiger partial charge is 0.408 e. The summed E-state index contributed by atoms with van der Waals surface area (Å²) in [5, 5.41) is 10.2. The third-order valence-corrected chi connectivity index (χ3v) is 6.94. The second-order valence-corrected chi connectivity index (χ2v) is 9.50. The highest BCUT2D eigenvalue weighted by Gasteiger charge is 2.36. The molecule has 35 heavy (non-hydrogen) atoms. The molecule has 1 aliphatic rings. The average molecular weight is 495 g/mol. The molecule has 1 aromatic carbocycles. The molecule has 0 aliphatic heterocycles. The van der Waals surface area contributed by atoms with Crippen molar-refractivity contribution in [3.05, 3.63) is 29.5 Å². The van der Waals surface area contributed by atoms with Crippen molar-refractivity contribution in [2.75, 3.05) is 19.0 Å². The van der Waals surface area contributed by atoms with Gasteiger partial charge in [0.2, 0.25) is 0 Å². The molecule has 2 aromatic rings. The number of nitrogens with one attached hydrogen (secondary N) is 2. The van der Waals surface area contributed by atoms with Crippen molar-refractivity contribution in [1.82, 2.24) is 15.1 Å². The summed E-state index contributed by atoms with van der Waals surface area (Å²) in [7, 11) is 1.48. The first-order chi connectivity index (χ1) is 16.6. The van der Waals surface area contributed by atoms with E-state index in [0.717, 1.165) is 36.9 Å². The Morgan fingerprint density at radius 2 is 1.91 bits per heavy atom. The van der Waals surface area contributed by atoms with Crippen LogP contribution in [0.5, 0.6) is 5.75 Å². The lowest BCUT2D eigenvalue weighted by Gasteiger charge is -2.26. The number of amides is 1. The zero-order chi connectivity index (χ0) is 25.8. The molecule has 1 amide bonds. The van der Waals surface area contributed by atoms with Crippen LogP contribution in [-0.2, 0) is 13.0 Å². The first-order valence-electron chi connectivity index (χ1n) is 12.5. The average Bonchev–Trinajstić information content (AvgIpc) is 3.21. The summed E-state index contributed by atoms with van der Waals surface area (Å²) >= 11 is 0. The van der Waals surface area contributed by atoms with E-state index in [9.17, 15) is 18.0 Å².